The summed E-state index contributed by atoms with van der Waals surface area (Å²) < 4.78 is 29.1. The quantitative estimate of drug-likeness (QED) is 0.680. The van der Waals surface area contributed by atoms with Gasteiger partial charge in [0.05, 0.1) is 5.69 Å². The Morgan fingerprint density at radius 3 is 2.76 bits per heavy atom. The Morgan fingerprint density at radius 1 is 1.08 bits per heavy atom. The Balaban J connectivity index is 1.93. The molecular weight excluding hydrogens is 344 g/mol. The lowest BCUT2D eigenvalue weighted by Crippen LogP contribution is -2.08. The molecule has 4 rings (SSSR count). The van der Waals surface area contributed by atoms with E-state index < -0.39 is 11.6 Å². The molecule has 0 atom stereocenters. The number of hydrogen-bond acceptors (Lipinski definition) is 2. The zero-order valence-corrected chi connectivity index (χ0v) is 14.2. The summed E-state index contributed by atoms with van der Waals surface area (Å²) >= 11 is 6.12. The molecular formula is C19H16ClF2N3. The molecule has 2 aromatic carbocycles. The summed E-state index contributed by atoms with van der Waals surface area (Å²) in [6, 6.07) is 11.0. The van der Waals surface area contributed by atoms with E-state index >= 15 is 0 Å². The number of benzene rings is 2. The van der Waals surface area contributed by atoms with Crippen molar-refractivity contribution >= 4 is 17.4 Å². The first-order chi connectivity index (χ1) is 12.1. The van der Waals surface area contributed by atoms with Crippen LogP contribution < -0.4 is 5.32 Å². The van der Waals surface area contributed by atoms with Crippen LogP contribution in [0.15, 0.2) is 42.5 Å². The molecule has 1 N–H and O–H groups in total. The Hall–Kier alpha value is -2.40. The third-order valence-corrected chi connectivity index (χ3v) is 4.60. The van der Waals surface area contributed by atoms with E-state index in [1.807, 2.05) is 18.2 Å². The number of rotatable bonds is 2. The molecule has 1 aliphatic heterocycles. The van der Waals surface area contributed by atoms with E-state index in [1.54, 1.807) is 6.07 Å². The predicted octanol–water partition coefficient (Wildman–Crippen LogP) is 5.22. The van der Waals surface area contributed by atoms with E-state index in [4.69, 9.17) is 11.6 Å². The first-order valence-electron chi connectivity index (χ1n) is 8.20. The van der Waals surface area contributed by atoms with E-state index in [0.717, 1.165) is 54.5 Å². The third kappa shape index (κ3) is 3.00. The zero-order valence-electron chi connectivity index (χ0n) is 13.4. The van der Waals surface area contributed by atoms with Crippen molar-refractivity contribution in [3.8, 4) is 16.9 Å². The summed E-state index contributed by atoms with van der Waals surface area (Å²) in [6.07, 6.45) is 2.88. The first kappa shape index (κ1) is 16.1. The molecule has 0 aliphatic carbocycles. The summed E-state index contributed by atoms with van der Waals surface area (Å²) in [5, 5.41) is 8.61. The summed E-state index contributed by atoms with van der Waals surface area (Å²) in [5.41, 5.74) is 2.91. The maximum atomic E-state index is 14.3. The van der Waals surface area contributed by atoms with Crippen LogP contribution in [-0.4, -0.2) is 16.3 Å². The molecule has 1 aromatic heterocycles. The van der Waals surface area contributed by atoms with Crippen molar-refractivity contribution < 1.29 is 8.78 Å². The van der Waals surface area contributed by atoms with Crippen LogP contribution in [0.1, 0.15) is 18.4 Å². The molecule has 25 heavy (non-hydrogen) atoms. The third-order valence-electron chi connectivity index (χ3n) is 4.37. The highest BCUT2D eigenvalue weighted by molar-refractivity contribution is 6.30. The number of halogens is 3. The van der Waals surface area contributed by atoms with Gasteiger partial charge in [-0.3, -0.25) is 0 Å². The normalized spacial score (nSPS) is 13.9. The van der Waals surface area contributed by atoms with Crippen molar-refractivity contribution in [1.29, 1.82) is 0 Å². The van der Waals surface area contributed by atoms with Crippen LogP contribution in [0.3, 0.4) is 0 Å². The van der Waals surface area contributed by atoms with E-state index in [-0.39, 0.29) is 5.69 Å². The number of aromatic nitrogens is 2. The van der Waals surface area contributed by atoms with Crippen molar-refractivity contribution in [1.82, 2.24) is 9.78 Å². The monoisotopic (exact) mass is 359 g/mol. The highest BCUT2D eigenvalue weighted by atomic mass is 35.5. The molecule has 128 valence electrons. The van der Waals surface area contributed by atoms with Crippen LogP contribution in [0, 0.1) is 11.6 Å². The lowest BCUT2D eigenvalue weighted by molar-refractivity contribution is 0.574. The molecule has 1 aliphatic rings. The smallest absolute Gasteiger partial charge is 0.151 e. The lowest BCUT2D eigenvalue weighted by atomic mass is 10.0. The average Bonchev–Trinajstić information content (AvgIpc) is 2.77. The van der Waals surface area contributed by atoms with Crippen LogP contribution in [-0.2, 0) is 6.42 Å². The summed E-state index contributed by atoms with van der Waals surface area (Å²) in [4.78, 5) is 0. The first-order valence-corrected chi connectivity index (χ1v) is 8.58. The molecule has 0 fully saturated rings. The second kappa shape index (κ2) is 6.48. The maximum Gasteiger partial charge on any atom is 0.151 e. The van der Waals surface area contributed by atoms with Crippen molar-refractivity contribution in [2.75, 3.05) is 11.9 Å². The van der Waals surface area contributed by atoms with Crippen LogP contribution in [0.5, 0.6) is 0 Å². The van der Waals surface area contributed by atoms with Gasteiger partial charge in [0.25, 0.3) is 0 Å². The zero-order chi connectivity index (χ0) is 17.4. The van der Waals surface area contributed by atoms with Crippen molar-refractivity contribution in [3.63, 3.8) is 0 Å². The van der Waals surface area contributed by atoms with Gasteiger partial charge < -0.3 is 5.32 Å². The van der Waals surface area contributed by atoms with E-state index in [2.05, 4.69) is 10.4 Å². The average molecular weight is 360 g/mol. The maximum absolute atomic E-state index is 14.3. The van der Waals surface area contributed by atoms with Crippen LogP contribution in [0.2, 0.25) is 5.02 Å². The van der Waals surface area contributed by atoms with E-state index in [0.29, 0.717) is 5.02 Å². The fourth-order valence-electron chi connectivity index (χ4n) is 3.20. The van der Waals surface area contributed by atoms with Crippen molar-refractivity contribution in [3.05, 3.63) is 64.7 Å². The second-order valence-corrected chi connectivity index (χ2v) is 6.51. The molecule has 0 radical (unpaired) electrons. The topological polar surface area (TPSA) is 29.9 Å². The number of anilines is 1. The molecule has 3 aromatic rings. The fourth-order valence-corrected chi connectivity index (χ4v) is 3.39. The highest BCUT2D eigenvalue weighted by Crippen LogP contribution is 2.35. The van der Waals surface area contributed by atoms with Gasteiger partial charge in [0.1, 0.15) is 17.3 Å². The van der Waals surface area contributed by atoms with Crippen molar-refractivity contribution in [2.24, 2.45) is 0 Å². The van der Waals surface area contributed by atoms with Gasteiger partial charge in [-0.25, -0.2) is 13.5 Å². The Labute approximate surface area is 149 Å². The molecule has 2 heterocycles. The molecule has 0 saturated heterocycles. The number of hydrogen-bond donors (Lipinski definition) is 1. The Kier molecular flexibility index (Phi) is 4.17. The molecule has 6 heteroatoms. The molecule has 0 bridgehead atoms. The number of nitrogens with one attached hydrogen (secondary N) is 1. The lowest BCUT2D eigenvalue weighted by Gasteiger charge is -2.10. The van der Waals surface area contributed by atoms with Gasteiger partial charge in [-0.15, -0.1) is 0 Å². The second-order valence-electron chi connectivity index (χ2n) is 6.08. The van der Waals surface area contributed by atoms with Gasteiger partial charge in [-0.1, -0.05) is 23.7 Å². The fraction of sp³-hybridized carbons (Fsp3) is 0.211. The molecule has 0 saturated carbocycles. The number of nitrogens with zero attached hydrogens (tertiary/aromatic N) is 2. The van der Waals surface area contributed by atoms with Gasteiger partial charge in [-0.05, 0) is 43.5 Å². The summed E-state index contributed by atoms with van der Waals surface area (Å²) in [6.45, 7) is 0.788. The van der Waals surface area contributed by atoms with Crippen LogP contribution >= 0.6 is 11.6 Å². The highest BCUT2D eigenvalue weighted by Gasteiger charge is 2.23. The predicted molar refractivity (Wildman–Crippen MR) is 95.4 cm³/mol. The van der Waals surface area contributed by atoms with E-state index in [1.165, 1.54) is 16.8 Å². The molecule has 3 nitrogen and oxygen atoms in total. The minimum Gasteiger partial charge on any atom is -0.370 e. The van der Waals surface area contributed by atoms with Gasteiger partial charge >= 0.3 is 0 Å². The Morgan fingerprint density at radius 2 is 1.96 bits per heavy atom. The number of fused-ring (bicyclic) bond motifs is 1. The molecule has 0 spiro atoms. The minimum atomic E-state index is -0.644. The van der Waals surface area contributed by atoms with E-state index in [9.17, 15) is 8.78 Å². The summed E-state index contributed by atoms with van der Waals surface area (Å²) in [7, 11) is 0. The Bertz CT molecular complexity index is 936. The molecule has 0 unspecified atom stereocenters. The van der Waals surface area contributed by atoms with Crippen LogP contribution in [0.4, 0.5) is 14.6 Å². The van der Waals surface area contributed by atoms with Crippen molar-refractivity contribution in [2.45, 2.75) is 19.3 Å². The summed E-state index contributed by atoms with van der Waals surface area (Å²) in [5.74, 6) is -0.491. The molecule has 0 amide bonds. The SMILES string of the molecule is Fc1ccc(-n2nc(-c3cccc(Cl)c3)c3c2NCCCC3)c(F)c1. The largest absolute Gasteiger partial charge is 0.370 e. The van der Waals surface area contributed by atoms with Gasteiger partial charge in [-0.2, -0.15) is 5.10 Å². The van der Waals surface area contributed by atoms with Gasteiger partial charge in [0, 0.05) is 28.8 Å². The minimum absolute atomic E-state index is 0.223. The van der Waals surface area contributed by atoms with Crippen LogP contribution in [0.25, 0.3) is 16.9 Å². The van der Waals surface area contributed by atoms with Gasteiger partial charge in [0.15, 0.2) is 5.82 Å². The standard InChI is InChI=1S/C19H16ClF2N3/c20-13-5-3-4-12(10-13)18-15-6-1-2-9-23-19(15)25(24-18)17-8-7-14(21)11-16(17)22/h3-5,7-8,10-11,23H,1-2,6,9H2. The van der Waals surface area contributed by atoms with Gasteiger partial charge in [0.2, 0.25) is 0 Å².